The van der Waals surface area contributed by atoms with Gasteiger partial charge in [0.05, 0.1) is 6.04 Å². The molecule has 0 spiro atoms. The van der Waals surface area contributed by atoms with E-state index in [4.69, 9.17) is 0 Å². The minimum Gasteiger partial charge on any atom is -0.368 e. The quantitative estimate of drug-likeness (QED) is 0.460. The molecule has 1 aromatic heterocycles. The van der Waals surface area contributed by atoms with Crippen molar-refractivity contribution in [2.24, 2.45) is 0 Å². The highest BCUT2D eigenvalue weighted by Crippen LogP contribution is 2.46. The Morgan fingerprint density at radius 3 is 2.82 bits per heavy atom. The maximum atomic E-state index is 12.2. The number of aliphatic hydroxyl groups is 1. The minimum atomic E-state index is -1.49. The van der Waals surface area contributed by atoms with Gasteiger partial charge in [0, 0.05) is 19.5 Å². The fourth-order valence-electron chi connectivity index (χ4n) is 3.80. The number of urea groups is 1. The fraction of sp³-hybridized carbons (Fsp3) is 0.500. The standard InChI is InChI=1S/C12H13N5O5/c1-15-11(19)14-9-8-6(4-12(9,15)20)16-5(10(18)13-8)2-3-7(16)17(21)22/h2-3,6,8-9,20H,4H2,1H3,(H,13,18)(H,14,19)/t6-,8-,9+,12+/m1/s1. The number of nitro groups is 1. The Morgan fingerprint density at radius 2 is 2.14 bits per heavy atom. The Bertz CT molecular complexity index is 716. The van der Waals surface area contributed by atoms with E-state index in [1.807, 2.05) is 0 Å². The first-order valence-electron chi connectivity index (χ1n) is 6.78. The number of amides is 3. The van der Waals surface area contributed by atoms with Gasteiger partial charge in [-0.15, -0.1) is 0 Å². The van der Waals surface area contributed by atoms with Gasteiger partial charge in [-0.25, -0.2) is 9.36 Å². The summed E-state index contributed by atoms with van der Waals surface area (Å²) in [5.41, 5.74) is -1.30. The molecule has 3 aliphatic rings. The van der Waals surface area contributed by atoms with Crippen LogP contribution >= 0.6 is 0 Å². The molecule has 2 fully saturated rings. The normalized spacial score (nSPS) is 35.5. The van der Waals surface area contributed by atoms with Crippen molar-refractivity contribution in [1.29, 1.82) is 0 Å². The molecule has 0 unspecified atom stereocenters. The zero-order chi connectivity index (χ0) is 15.8. The van der Waals surface area contributed by atoms with Crippen LogP contribution in [-0.2, 0) is 0 Å². The molecule has 1 saturated carbocycles. The summed E-state index contributed by atoms with van der Waals surface area (Å²) in [5, 5.41) is 27.3. The number of hydrogen-bond acceptors (Lipinski definition) is 5. The van der Waals surface area contributed by atoms with Gasteiger partial charge in [-0.1, -0.05) is 0 Å². The van der Waals surface area contributed by atoms with Crippen molar-refractivity contribution in [1.82, 2.24) is 20.1 Å². The molecule has 4 atom stereocenters. The molecule has 3 amide bonds. The summed E-state index contributed by atoms with van der Waals surface area (Å²) < 4.78 is 1.35. The summed E-state index contributed by atoms with van der Waals surface area (Å²) in [6.45, 7) is 0. The maximum Gasteiger partial charge on any atom is 0.323 e. The summed E-state index contributed by atoms with van der Waals surface area (Å²) in [7, 11) is 1.46. The Hall–Kier alpha value is -2.62. The minimum absolute atomic E-state index is 0.0976. The van der Waals surface area contributed by atoms with Crippen LogP contribution in [0.25, 0.3) is 0 Å². The van der Waals surface area contributed by atoms with Crippen molar-refractivity contribution < 1.29 is 19.6 Å². The summed E-state index contributed by atoms with van der Waals surface area (Å²) in [6, 6.07) is 0.412. The summed E-state index contributed by atoms with van der Waals surface area (Å²) in [6.07, 6.45) is 0.0976. The van der Waals surface area contributed by atoms with E-state index in [2.05, 4.69) is 10.6 Å². The number of aromatic nitrogens is 1. The van der Waals surface area contributed by atoms with Gasteiger partial charge in [0.25, 0.3) is 5.91 Å². The van der Waals surface area contributed by atoms with E-state index in [-0.39, 0.29) is 17.9 Å². The molecule has 0 radical (unpaired) electrons. The number of carbonyl (C=O) groups excluding carboxylic acids is 2. The van der Waals surface area contributed by atoms with Crippen molar-refractivity contribution in [3.8, 4) is 0 Å². The van der Waals surface area contributed by atoms with Gasteiger partial charge >= 0.3 is 11.8 Å². The first-order valence-corrected chi connectivity index (χ1v) is 6.78. The van der Waals surface area contributed by atoms with Crippen molar-refractivity contribution >= 4 is 17.8 Å². The number of likely N-dealkylation sites (N-methyl/N-ethyl adjacent to an activating group) is 1. The molecule has 3 heterocycles. The van der Waals surface area contributed by atoms with E-state index < -0.39 is 40.7 Å². The fourth-order valence-corrected chi connectivity index (χ4v) is 3.80. The highest BCUT2D eigenvalue weighted by atomic mass is 16.6. The van der Waals surface area contributed by atoms with E-state index in [1.165, 1.54) is 28.6 Å². The van der Waals surface area contributed by atoms with Crippen molar-refractivity contribution in [2.75, 3.05) is 7.05 Å². The molecule has 2 aliphatic heterocycles. The lowest BCUT2D eigenvalue weighted by molar-refractivity contribution is -0.392. The van der Waals surface area contributed by atoms with Crippen LogP contribution < -0.4 is 10.6 Å². The number of fused-ring (bicyclic) bond motifs is 5. The molecule has 1 aromatic rings. The molecule has 4 rings (SSSR count). The molecule has 3 N–H and O–H groups in total. The van der Waals surface area contributed by atoms with Gasteiger partial charge in [-0.2, -0.15) is 0 Å². The lowest BCUT2D eigenvalue weighted by atomic mass is 10.1. The van der Waals surface area contributed by atoms with Crippen LogP contribution in [0.3, 0.4) is 0 Å². The molecule has 0 bridgehead atoms. The van der Waals surface area contributed by atoms with Crippen molar-refractivity contribution in [3.05, 3.63) is 27.9 Å². The number of nitrogens with one attached hydrogen (secondary N) is 2. The number of rotatable bonds is 1. The Kier molecular flexibility index (Phi) is 2.24. The van der Waals surface area contributed by atoms with Gasteiger partial charge in [0.1, 0.15) is 12.1 Å². The molecule has 1 aliphatic carbocycles. The van der Waals surface area contributed by atoms with E-state index >= 15 is 0 Å². The van der Waals surface area contributed by atoms with Crippen molar-refractivity contribution in [3.63, 3.8) is 0 Å². The van der Waals surface area contributed by atoms with E-state index in [0.717, 1.165) is 0 Å². The van der Waals surface area contributed by atoms with E-state index in [9.17, 15) is 24.8 Å². The first-order chi connectivity index (χ1) is 10.3. The van der Waals surface area contributed by atoms with Gasteiger partial charge in [0.15, 0.2) is 11.4 Å². The predicted molar refractivity (Wildman–Crippen MR) is 71.0 cm³/mol. The average molecular weight is 307 g/mol. The Labute approximate surface area is 123 Å². The van der Waals surface area contributed by atoms with Crippen molar-refractivity contribution in [2.45, 2.75) is 30.3 Å². The summed E-state index contributed by atoms with van der Waals surface area (Å²) >= 11 is 0. The molecule has 1 saturated heterocycles. The molecule has 116 valence electrons. The molecular formula is C12H13N5O5. The number of carbonyl (C=O) groups is 2. The van der Waals surface area contributed by atoms with Gasteiger partial charge in [-0.05, 0) is 11.0 Å². The first kappa shape index (κ1) is 13.1. The topological polar surface area (TPSA) is 130 Å². The van der Waals surface area contributed by atoms with E-state index in [0.29, 0.717) is 0 Å². The summed E-state index contributed by atoms with van der Waals surface area (Å²) in [4.78, 5) is 35.7. The molecule has 10 heteroatoms. The smallest absolute Gasteiger partial charge is 0.323 e. The molecule has 22 heavy (non-hydrogen) atoms. The molecule has 0 aromatic carbocycles. The maximum absolute atomic E-state index is 12.2. The third-order valence-electron chi connectivity index (χ3n) is 4.89. The zero-order valence-corrected chi connectivity index (χ0v) is 11.5. The largest absolute Gasteiger partial charge is 0.368 e. The molecule has 10 nitrogen and oxygen atoms in total. The van der Waals surface area contributed by atoms with Crippen LogP contribution in [0.1, 0.15) is 23.0 Å². The van der Waals surface area contributed by atoms with Crippen LogP contribution in [0.15, 0.2) is 12.1 Å². The lowest BCUT2D eigenvalue weighted by Crippen LogP contribution is -2.56. The zero-order valence-electron chi connectivity index (χ0n) is 11.5. The third kappa shape index (κ3) is 1.32. The summed E-state index contributed by atoms with van der Waals surface area (Å²) in [5.74, 6) is -0.653. The monoisotopic (exact) mass is 307 g/mol. The highest BCUT2D eigenvalue weighted by molar-refractivity contribution is 5.95. The van der Waals surface area contributed by atoms with Crippen LogP contribution in [0.4, 0.5) is 10.6 Å². The second-order valence-electron chi connectivity index (χ2n) is 5.84. The SMILES string of the molecule is CN1C(=O)N[C@H]2[C@@H]3NC(=O)c4ccc([N+](=O)[O-])n4[C@@H]3C[C@]21O. The van der Waals surface area contributed by atoms with Crippen LogP contribution in [0, 0.1) is 10.1 Å². The lowest BCUT2D eigenvalue weighted by Gasteiger charge is -2.28. The third-order valence-corrected chi connectivity index (χ3v) is 4.89. The van der Waals surface area contributed by atoms with Crippen LogP contribution in [0.2, 0.25) is 0 Å². The van der Waals surface area contributed by atoms with Gasteiger partial charge in [-0.3, -0.25) is 9.69 Å². The van der Waals surface area contributed by atoms with Crippen LogP contribution in [-0.4, -0.2) is 56.3 Å². The van der Waals surface area contributed by atoms with Gasteiger partial charge in [0.2, 0.25) is 0 Å². The second kappa shape index (κ2) is 3.77. The highest BCUT2D eigenvalue weighted by Gasteiger charge is 2.65. The van der Waals surface area contributed by atoms with Gasteiger partial charge < -0.3 is 25.9 Å². The number of hydrogen-bond donors (Lipinski definition) is 3. The van der Waals surface area contributed by atoms with E-state index in [1.54, 1.807) is 0 Å². The predicted octanol–water partition coefficient (Wildman–Crippen LogP) is -0.835. The number of nitrogens with zero attached hydrogens (tertiary/aromatic N) is 3. The molecular weight excluding hydrogens is 294 g/mol. The van der Waals surface area contributed by atoms with Crippen LogP contribution in [0.5, 0.6) is 0 Å². The second-order valence-corrected chi connectivity index (χ2v) is 5.84. The average Bonchev–Trinajstić information content (AvgIpc) is 3.06. The Morgan fingerprint density at radius 1 is 1.41 bits per heavy atom. The Balaban J connectivity index is 1.85.